The molecule has 1 unspecified atom stereocenters. The highest BCUT2D eigenvalue weighted by Gasteiger charge is 2.18. The Morgan fingerprint density at radius 3 is 2.59 bits per heavy atom. The predicted octanol–water partition coefficient (Wildman–Crippen LogP) is 4.43. The Morgan fingerprint density at radius 2 is 1.88 bits per heavy atom. The number of carbonyl (C=O) groups is 1. The first-order chi connectivity index (χ1) is 16.6. The summed E-state index contributed by atoms with van der Waals surface area (Å²) in [6, 6.07) is 15.4. The van der Waals surface area contributed by atoms with Gasteiger partial charge in [0.15, 0.2) is 0 Å². The first kappa shape index (κ1) is 22.3. The number of nitrogens with one attached hydrogen (secondary N) is 2. The molecule has 2 N–H and O–H groups in total. The van der Waals surface area contributed by atoms with Gasteiger partial charge < -0.3 is 24.5 Å². The van der Waals surface area contributed by atoms with Gasteiger partial charge in [0, 0.05) is 42.2 Å². The third-order valence-electron chi connectivity index (χ3n) is 6.09. The molecule has 34 heavy (non-hydrogen) atoms. The maximum Gasteiger partial charge on any atom is 0.251 e. The van der Waals surface area contributed by atoms with Crippen LogP contribution in [0.25, 0.3) is 28.0 Å². The third kappa shape index (κ3) is 4.32. The standard InChI is InChI=1S/C26H25ClN4O3/c1-33-23-13-24(34-2)21(27)12-20(23)22-15-31-10-8-18(11-25(31)30-22)16-3-5-17(6-4-16)26(32)29-19-7-9-28-14-19/h3-6,8,10-13,15,19,28H,7,9,14H2,1-2H3,(H,29,32). The van der Waals surface area contributed by atoms with Crippen molar-refractivity contribution in [1.29, 1.82) is 0 Å². The van der Waals surface area contributed by atoms with E-state index in [1.807, 2.05) is 53.2 Å². The quantitative estimate of drug-likeness (QED) is 0.430. The number of benzene rings is 2. The van der Waals surface area contributed by atoms with Gasteiger partial charge in [0.05, 0.1) is 24.9 Å². The van der Waals surface area contributed by atoms with Gasteiger partial charge in [-0.2, -0.15) is 0 Å². The number of rotatable bonds is 6. The molecule has 1 saturated heterocycles. The van der Waals surface area contributed by atoms with E-state index in [0.29, 0.717) is 22.1 Å². The minimum absolute atomic E-state index is 0.0410. The lowest BCUT2D eigenvalue weighted by molar-refractivity contribution is 0.0940. The first-order valence-corrected chi connectivity index (χ1v) is 11.5. The number of carbonyl (C=O) groups excluding carboxylic acids is 1. The smallest absolute Gasteiger partial charge is 0.251 e. The number of ether oxygens (including phenoxy) is 2. The number of aromatic nitrogens is 2. The van der Waals surface area contributed by atoms with Gasteiger partial charge in [-0.15, -0.1) is 0 Å². The fourth-order valence-corrected chi connectivity index (χ4v) is 4.45. The highest BCUT2D eigenvalue weighted by atomic mass is 35.5. The van der Waals surface area contributed by atoms with Gasteiger partial charge in [-0.3, -0.25) is 4.79 Å². The summed E-state index contributed by atoms with van der Waals surface area (Å²) < 4.78 is 12.8. The van der Waals surface area contributed by atoms with Gasteiger partial charge in [0.25, 0.3) is 5.91 Å². The Labute approximate surface area is 202 Å². The molecular weight excluding hydrogens is 452 g/mol. The molecule has 0 aliphatic carbocycles. The summed E-state index contributed by atoms with van der Waals surface area (Å²) in [5.41, 5.74) is 4.99. The summed E-state index contributed by atoms with van der Waals surface area (Å²) in [5, 5.41) is 6.82. The zero-order chi connectivity index (χ0) is 23.7. The maximum atomic E-state index is 12.5. The van der Waals surface area contributed by atoms with Crippen LogP contribution >= 0.6 is 11.6 Å². The van der Waals surface area contributed by atoms with Crippen LogP contribution in [0.4, 0.5) is 0 Å². The molecule has 5 rings (SSSR count). The molecule has 8 heteroatoms. The second-order valence-electron chi connectivity index (χ2n) is 8.23. The molecule has 1 atom stereocenters. The Hall–Kier alpha value is -3.55. The number of amides is 1. The number of nitrogens with zero attached hydrogens (tertiary/aromatic N) is 2. The van der Waals surface area contributed by atoms with Gasteiger partial charge in [-0.05, 0) is 54.4 Å². The van der Waals surface area contributed by atoms with Crippen LogP contribution in [0, 0.1) is 0 Å². The zero-order valence-corrected chi connectivity index (χ0v) is 19.7. The van der Waals surface area contributed by atoms with Crippen molar-refractivity contribution in [2.75, 3.05) is 27.3 Å². The van der Waals surface area contributed by atoms with Crippen molar-refractivity contribution in [2.24, 2.45) is 0 Å². The molecule has 1 aliphatic rings. The molecule has 0 bridgehead atoms. The van der Waals surface area contributed by atoms with Crippen molar-refractivity contribution in [3.8, 4) is 33.9 Å². The average Bonchev–Trinajstić information content (AvgIpc) is 3.53. The van der Waals surface area contributed by atoms with Crippen LogP contribution in [0.5, 0.6) is 11.5 Å². The summed E-state index contributed by atoms with van der Waals surface area (Å²) in [6.45, 7) is 1.77. The lowest BCUT2D eigenvalue weighted by atomic mass is 10.0. The largest absolute Gasteiger partial charge is 0.496 e. The molecule has 1 aliphatic heterocycles. The second-order valence-corrected chi connectivity index (χ2v) is 8.64. The molecule has 1 amide bonds. The molecule has 2 aromatic carbocycles. The molecule has 174 valence electrons. The SMILES string of the molecule is COc1cc(OC)c(-c2cn3ccc(-c4ccc(C(=O)NC5CCNC5)cc4)cc3n2)cc1Cl. The van der Waals surface area contributed by atoms with Crippen LogP contribution in [0.15, 0.2) is 60.9 Å². The summed E-state index contributed by atoms with van der Waals surface area (Å²) in [7, 11) is 3.17. The molecule has 0 saturated carbocycles. The highest BCUT2D eigenvalue weighted by molar-refractivity contribution is 6.32. The van der Waals surface area contributed by atoms with Crippen molar-refractivity contribution in [1.82, 2.24) is 20.0 Å². The van der Waals surface area contributed by atoms with Crippen molar-refractivity contribution in [3.05, 3.63) is 71.5 Å². The molecule has 0 radical (unpaired) electrons. The Bertz CT molecular complexity index is 1340. The van der Waals surface area contributed by atoms with Gasteiger partial charge >= 0.3 is 0 Å². The summed E-state index contributed by atoms with van der Waals surface area (Å²) in [5.74, 6) is 1.14. The number of methoxy groups -OCH3 is 2. The molecule has 0 spiro atoms. The number of hydrogen-bond acceptors (Lipinski definition) is 5. The average molecular weight is 477 g/mol. The molecule has 1 fully saturated rings. The number of halogens is 1. The Kier molecular flexibility index (Phi) is 6.13. The Morgan fingerprint density at radius 1 is 1.09 bits per heavy atom. The minimum atomic E-state index is -0.0410. The molecule has 7 nitrogen and oxygen atoms in total. The lowest BCUT2D eigenvalue weighted by Gasteiger charge is -2.11. The van der Waals surface area contributed by atoms with E-state index in [4.69, 9.17) is 26.1 Å². The molecule has 4 aromatic rings. The maximum absolute atomic E-state index is 12.5. The van der Waals surface area contributed by atoms with Crippen LogP contribution < -0.4 is 20.1 Å². The van der Waals surface area contributed by atoms with Crippen LogP contribution in [0.2, 0.25) is 5.02 Å². The predicted molar refractivity (Wildman–Crippen MR) is 133 cm³/mol. The zero-order valence-electron chi connectivity index (χ0n) is 19.0. The van der Waals surface area contributed by atoms with Gasteiger partial charge in [-0.1, -0.05) is 23.7 Å². The Balaban J connectivity index is 1.41. The molecule has 2 aromatic heterocycles. The van der Waals surface area contributed by atoms with Gasteiger partial charge in [0.2, 0.25) is 0 Å². The van der Waals surface area contributed by atoms with E-state index in [0.717, 1.165) is 47.5 Å². The third-order valence-corrected chi connectivity index (χ3v) is 6.38. The van der Waals surface area contributed by atoms with Crippen molar-refractivity contribution in [3.63, 3.8) is 0 Å². The van der Waals surface area contributed by atoms with E-state index >= 15 is 0 Å². The topological polar surface area (TPSA) is 76.9 Å². The highest BCUT2D eigenvalue weighted by Crippen LogP contribution is 2.38. The second kappa shape index (κ2) is 9.37. The van der Waals surface area contributed by atoms with E-state index in [-0.39, 0.29) is 11.9 Å². The number of imidazole rings is 1. The van der Waals surface area contributed by atoms with E-state index in [9.17, 15) is 4.79 Å². The van der Waals surface area contributed by atoms with E-state index in [2.05, 4.69) is 10.6 Å². The van der Waals surface area contributed by atoms with Gasteiger partial charge in [-0.25, -0.2) is 4.98 Å². The van der Waals surface area contributed by atoms with E-state index in [1.54, 1.807) is 26.4 Å². The van der Waals surface area contributed by atoms with Crippen LogP contribution in [-0.4, -0.2) is 48.6 Å². The molecular formula is C26H25ClN4O3. The summed E-state index contributed by atoms with van der Waals surface area (Å²) in [4.78, 5) is 17.3. The van der Waals surface area contributed by atoms with E-state index < -0.39 is 0 Å². The van der Waals surface area contributed by atoms with Crippen LogP contribution in [0.1, 0.15) is 16.8 Å². The van der Waals surface area contributed by atoms with Crippen molar-refractivity contribution < 1.29 is 14.3 Å². The minimum Gasteiger partial charge on any atom is -0.496 e. The number of hydrogen-bond donors (Lipinski definition) is 2. The summed E-state index contributed by atoms with van der Waals surface area (Å²) in [6.07, 6.45) is 4.86. The normalized spacial score (nSPS) is 15.4. The van der Waals surface area contributed by atoms with Crippen LogP contribution in [-0.2, 0) is 0 Å². The lowest BCUT2D eigenvalue weighted by Crippen LogP contribution is -2.36. The number of pyridine rings is 1. The fourth-order valence-electron chi connectivity index (χ4n) is 4.21. The summed E-state index contributed by atoms with van der Waals surface area (Å²) >= 11 is 6.35. The first-order valence-electron chi connectivity index (χ1n) is 11.1. The van der Waals surface area contributed by atoms with Crippen molar-refractivity contribution in [2.45, 2.75) is 12.5 Å². The monoisotopic (exact) mass is 476 g/mol. The van der Waals surface area contributed by atoms with Crippen molar-refractivity contribution >= 4 is 23.2 Å². The number of fused-ring (bicyclic) bond motifs is 1. The van der Waals surface area contributed by atoms with Crippen LogP contribution in [0.3, 0.4) is 0 Å². The van der Waals surface area contributed by atoms with E-state index in [1.165, 1.54) is 0 Å². The fraction of sp³-hybridized carbons (Fsp3) is 0.231. The molecule has 3 heterocycles. The van der Waals surface area contributed by atoms with Gasteiger partial charge in [0.1, 0.15) is 17.1 Å².